The predicted octanol–water partition coefficient (Wildman–Crippen LogP) is 8.12. The van der Waals surface area contributed by atoms with Gasteiger partial charge in [0.05, 0.1) is 19.0 Å². The average molecular weight is 689 g/mol. The van der Waals surface area contributed by atoms with Crippen LogP contribution < -0.4 is 0 Å². The summed E-state index contributed by atoms with van der Waals surface area (Å²) < 4.78 is 0. The van der Waals surface area contributed by atoms with Crippen molar-refractivity contribution in [1.29, 1.82) is 0 Å². The number of benzene rings is 2. The summed E-state index contributed by atoms with van der Waals surface area (Å²) in [5, 5.41) is 11.0. The number of allylic oxidation sites excluding steroid dienone is 3. The first-order valence-corrected chi connectivity index (χ1v) is 18.3. The number of amides is 2. The third kappa shape index (κ3) is 9.79. The summed E-state index contributed by atoms with van der Waals surface area (Å²) in [6.45, 7) is 18.1. The van der Waals surface area contributed by atoms with E-state index in [2.05, 4.69) is 44.2 Å². The molecule has 0 radical (unpaired) electrons. The molecular formula is C41H57ClN4O3. The standard InChI is InChI=1S/C36H45ClN4O3.C5H12/c1-6-30(14-7-25(3)39(5)22-26-8-15-31(16-9-26)40-18-17-38(4)35(44)23-40)41-34(43)21-28-20-33(42)24(2)19-32(28)36(41)27-10-12-29(37)13-11-27;1-4-5(2)3/h6-7,10-14,19-20,26,31,36,42H,3,8-9,15-18,21-23H2,1-2,4-5H3;5H,4H2,1-3H3/b14-7-,30-6+;/t26?,31?,36-;/m0./s1. The van der Waals surface area contributed by atoms with Gasteiger partial charge in [0, 0.05) is 56.2 Å². The number of fused-ring (bicyclic) bond motifs is 1. The van der Waals surface area contributed by atoms with E-state index >= 15 is 0 Å². The van der Waals surface area contributed by atoms with Crippen LogP contribution in [0.1, 0.15) is 88.1 Å². The zero-order chi connectivity index (χ0) is 35.8. The van der Waals surface area contributed by atoms with Gasteiger partial charge < -0.3 is 19.8 Å². The predicted molar refractivity (Wildman–Crippen MR) is 201 cm³/mol. The number of halogens is 1. The van der Waals surface area contributed by atoms with Gasteiger partial charge in [0.25, 0.3) is 0 Å². The molecule has 5 rings (SSSR count). The Kier molecular flexibility index (Phi) is 13.6. The molecule has 1 saturated carbocycles. The molecule has 7 nitrogen and oxygen atoms in total. The monoisotopic (exact) mass is 688 g/mol. The molecule has 0 unspecified atom stereocenters. The van der Waals surface area contributed by atoms with Crippen molar-refractivity contribution < 1.29 is 14.7 Å². The zero-order valence-corrected chi connectivity index (χ0v) is 31.5. The van der Waals surface area contributed by atoms with Gasteiger partial charge in [0.15, 0.2) is 0 Å². The summed E-state index contributed by atoms with van der Waals surface area (Å²) in [4.78, 5) is 34.2. The number of likely N-dealkylation sites (N-methyl/N-ethyl adjacent to an activating group) is 2. The average Bonchev–Trinajstić information content (AvgIpc) is 3.08. The van der Waals surface area contributed by atoms with Crippen molar-refractivity contribution in [3.8, 4) is 5.75 Å². The molecule has 8 heteroatoms. The lowest BCUT2D eigenvalue weighted by atomic mass is 9.84. The van der Waals surface area contributed by atoms with Crippen LogP contribution in [-0.4, -0.2) is 82.8 Å². The molecular weight excluding hydrogens is 632 g/mol. The van der Waals surface area contributed by atoms with Crippen LogP contribution in [0.15, 0.2) is 72.6 Å². The van der Waals surface area contributed by atoms with E-state index in [1.807, 2.05) is 79.3 Å². The minimum absolute atomic E-state index is 0.0313. The quantitative estimate of drug-likeness (QED) is 0.270. The highest BCUT2D eigenvalue weighted by Gasteiger charge is 2.36. The number of phenolic OH excluding ortho intramolecular Hbond substituents is 1. The SMILES string of the molecule is C=C(/C=C\C(=C/C)N1C(=O)Cc2cc(O)c(C)cc2[C@@H]1c1ccc(Cl)cc1)N(C)CC1CCC(N2CCN(C)C(=O)C2)CC1.CCC(C)C. The maximum absolute atomic E-state index is 13.7. The Hall–Kier alpha value is -3.55. The summed E-state index contributed by atoms with van der Waals surface area (Å²) >= 11 is 6.22. The molecule has 2 heterocycles. The lowest BCUT2D eigenvalue weighted by Gasteiger charge is -2.41. The molecule has 1 N–H and O–H groups in total. The van der Waals surface area contributed by atoms with Gasteiger partial charge in [-0.15, -0.1) is 0 Å². The van der Waals surface area contributed by atoms with Gasteiger partial charge in [-0.25, -0.2) is 0 Å². The van der Waals surface area contributed by atoms with Crippen LogP contribution in [0.25, 0.3) is 0 Å². The fourth-order valence-electron chi connectivity index (χ4n) is 6.88. The summed E-state index contributed by atoms with van der Waals surface area (Å²) in [6.07, 6.45) is 12.0. The fraction of sp³-hybridized carbons (Fsp3) is 0.512. The van der Waals surface area contributed by atoms with E-state index in [4.69, 9.17) is 11.6 Å². The molecule has 0 bridgehead atoms. The van der Waals surface area contributed by atoms with Gasteiger partial charge in [-0.05, 0) is 110 Å². The van der Waals surface area contributed by atoms with Crippen molar-refractivity contribution in [3.05, 3.63) is 99.9 Å². The number of carbonyl (C=O) groups excluding carboxylic acids is 2. The highest BCUT2D eigenvalue weighted by atomic mass is 35.5. The van der Waals surface area contributed by atoms with E-state index in [0.29, 0.717) is 23.5 Å². The van der Waals surface area contributed by atoms with Gasteiger partial charge in [0.2, 0.25) is 11.8 Å². The van der Waals surface area contributed by atoms with E-state index < -0.39 is 0 Å². The maximum atomic E-state index is 13.7. The number of hydrogen-bond acceptors (Lipinski definition) is 5. The molecule has 2 aromatic carbocycles. The summed E-state index contributed by atoms with van der Waals surface area (Å²) in [5.74, 6) is 1.87. The van der Waals surface area contributed by atoms with Gasteiger partial charge in [-0.1, -0.05) is 63.6 Å². The molecule has 2 aliphatic heterocycles. The van der Waals surface area contributed by atoms with Gasteiger partial charge in [-0.2, -0.15) is 0 Å². The molecule has 266 valence electrons. The second-order valence-electron chi connectivity index (χ2n) is 14.4. The third-order valence-corrected chi connectivity index (χ3v) is 10.7. The Bertz CT molecular complexity index is 1520. The van der Waals surface area contributed by atoms with E-state index in [0.717, 1.165) is 84.9 Å². The Morgan fingerprint density at radius 1 is 1.06 bits per heavy atom. The van der Waals surface area contributed by atoms with Crippen molar-refractivity contribution in [2.45, 2.75) is 85.2 Å². The fourth-order valence-corrected chi connectivity index (χ4v) is 7.00. The third-order valence-electron chi connectivity index (χ3n) is 10.5. The largest absolute Gasteiger partial charge is 0.508 e. The van der Waals surface area contributed by atoms with Crippen LogP contribution in [-0.2, 0) is 16.0 Å². The highest BCUT2D eigenvalue weighted by Crippen LogP contribution is 2.41. The van der Waals surface area contributed by atoms with E-state index in [1.165, 1.54) is 6.42 Å². The van der Waals surface area contributed by atoms with Crippen LogP contribution in [0, 0.1) is 18.8 Å². The van der Waals surface area contributed by atoms with Crippen molar-refractivity contribution >= 4 is 23.4 Å². The number of aromatic hydroxyl groups is 1. The Morgan fingerprint density at radius 3 is 2.31 bits per heavy atom. The molecule has 1 atom stereocenters. The lowest BCUT2D eigenvalue weighted by Crippen LogP contribution is -2.53. The topological polar surface area (TPSA) is 67.3 Å². The molecule has 2 amide bonds. The minimum atomic E-state index is -0.351. The van der Waals surface area contributed by atoms with Crippen LogP contribution in [0.4, 0.5) is 0 Å². The molecule has 49 heavy (non-hydrogen) atoms. The smallest absolute Gasteiger partial charge is 0.236 e. The molecule has 0 aromatic heterocycles. The number of phenols is 1. The van der Waals surface area contributed by atoms with Crippen molar-refractivity contribution in [1.82, 2.24) is 19.6 Å². The Labute approximate surface area is 299 Å². The first kappa shape index (κ1) is 38.3. The van der Waals surface area contributed by atoms with Gasteiger partial charge in [-0.3, -0.25) is 14.5 Å². The van der Waals surface area contributed by atoms with E-state index in [1.54, 1.807) is 6.07 Å². The molecule has 2 aromatic rings. The van der Waals surface area contributed by atoms with Crippen LogP contribution in [0.5, 0.6) is 5.75 Å². The first-order valence-electron chi connectivity index (χ1n) is 17.9. The number of aryl methyl sites for hydroxylation is 1. The van der Waals surface area contributed by atoms with Crippen LogP contribution in [0.3, 0.4) is 0 Å². The molecule has 1 saturated heterocycles. The second-order valence-corrected chi connectivity index (χ2v) is 14.8. The Morgan fingerprint density at radius 2 is 1.71 bits per heavy atom. The lowest BCUT2D eigenvalue weighted by molar-refractivity contribution is -0.135. The number of nitrogens with zero attached hydrogens (tertiary/aromatic N) is 4. The van der Waals surface area contributed by atoms with E-state index in [-0.39, 0.29) is 30.0 Å². The van der Waals surface area contributed by atoms with Crippen molar-refractivity contribution in [2.75, 3.05) is 40.3 Å². The summed E-state index contributed by atoms with van der Waals surface area (Å²) in [6, 6.07) is 11.5. The first-order chi connectivity index (χ1) is 23.3. The Balaban J connectivity index is 0.00000101. The summed E-state index contributed by atoms with van der Waals surface area (Å²) in [5.41, 5.74) is 5.26. The van der Waals surface area contributed by atoms with Gasteiger partial charge in [0.1, 0.15) is 5.75 Å². The van der Waals surface area contributed by atoms with Crippen LogP contribution >= 0.6 is 11.6 Å². The van der Waals surface area contributed by atoms with Crippen LogP contribution in [0.2, 0.25) is 5.02 Å². The number of carbonyl (C=O) groups is 2. The molecule has 2 fully saturated rings. The van der Waals surface area contributed by atoms with Crippen molar-refractivity contribution in [3.63, 3.8) is 0 Å². The van der Waals surface area contributed by atoms with E-state index in [9.17, 15) is 14.7 Å². The number of hydrogen-bond donors (Lipinski definition) is 1. The number of rotatable bonds is 9. The maximum Gasteiger partial charge on any atom is 0.236 e. The second kappa shape index (κ2) is 17.4. The minimum Gasteiger partial charge on any atom is -0.508 e. The molecule has 0 spiro atoms. The number of piperazine rings is 1. The van der Waals surface area contributed by atoms with Gasteiger partial charge >= 0.3 is 0 Å². The highest BCUT2D eigenvalue weighted by molar-refractivity contribution is 6.30. The zero-order valence-electron chi connectivity index (χ0n) is 30.7. The molecule has 3 aliphatic rings. The summed E-state index contributed by atoms with van der Waals surface area (Å²) in [7, 11) is 3.98. The normalized spacial score (nSPS) is 21.9. The molecule has 1 aliphatic carbocycles. The van der Waals surface area contributed by atoms with Crippen molar-refractivity contribution in [2.24, 2.45) is 11.8 Å².